The Hall–Kier alpha value is -3.57. The lowest BCUT2D eigenvalue weighted by molar-refractivity contribution is -0.192. The second kappa shape index (κ2) is 14.2. The van der Waals surface area contributed by atoms with Gasteiger partial charge < -0.3 is 29.4 Å². The highest BCUT2D eigenvalue weighted by Gasteiger charge is 2.39. The minimum absolute atomic E-state index is 0.0739. The van der Waals surface area contributed by atoms with Crippen molar-refractivity contribution in [3.63, 3.8) is 0 Å². The van der Waals surface area contributed by atoms with Crippen molar-refractivity contribution in [1.29, 1.82) is 0 Å². The maximum Gasteiger partial charge on any atom is 0.490 e. The van der Waals surface area contributed by atoms with Crippen molar-refractivity contribution in [3.8, 4) is 5.75 Å². The number of anilines is 2. The Balaban J connectivity index is 0.000000591. The molecule has 0 amide bonds. The van der Waals surface area contributed by atoms with Crippen molar-refractivity contribution < 1.29 is 41.0 Å². The Labute approximate surface area is 259 Å². The molecule has 2 fully saturated rings. The summed E-state index contributed by atoms with van der Waals surface area (Å²) in [6.45, 7) is 10.2. The second-order valence-corrected chi connectivity index (χ2v) is 11.1. The van der Waals surface area contributed by atoms with Gasteiger partial charge in [0.25, 0.3) is 0 Å². The average Bonchev–Trinajstić information content (AvgIpc) is 3.43. The molecule has 2 aliphatic heterocycles. The molecule has 5 rings (SSSR count). The van der Waals surface area contributed by atoms with Gasteiger partial charge in [-0.1, -0.05) is 11.6 Å². The Morgan fingerprint density at radius 3 is 2.22 bits per heavy atom. The molecule has 0 radical (unpaired) electrons. The van der Waals surface area contributed by atoms with E-state index in [9.17, 15) is 26.3 Å². The van der Waals surface area contributed by atoms with Gasteiger partial charge in [0.15, 0.2) is 11.3 Å². The lowest BCUT2D eigenvalue weighted by Crippen LogP contribution is -2.47. The van der Waals surface area contributed by atoms with Crippen molar-refractivity contribution >= 4 is 40.1 Å². The minimum atomic E-state index is -5.08. The first kappa shape index (κ1) is 34.3. The number of alkyl halides is 6. The molecular formula is C27H33ClF6N8O3. The van der Waals surface area contributed by atoms with Gasteiger partial charge in [-0.25, -0.2) is 14.8 Å². The van der Waals surface area contributed by atoms with Crippen LogP contribution in [-0.2, 0) is 11.0 Å². The molecule has 11 nitrogen and oxygen atoms in total. The van der Waals surface area contributed by atoms with Gasteiger partial charge in [-0.3, -0.25) is 5.10 Å². The lowest BCUT2D eigenvalue weighted by Gasteiger charge is -2.37. The van der Waals surface area contributed by atoms with E-state index in [4.69, 9.17) is 26.2 Å². The third kappa shape index (κ3) is 8.79. The first-order valence-corrected chi connectivity index (χ1v) is 14.4. The molecular weight excluding hydrogens is 634 g/mol. The van der Waals surface area contributed by atoms with Crippen molar-refractivity contribution in [1.82, 2.24) is 30.0 Å². The zero-order valence-corrected chi connectivity index (χ0v) is 25.3. The van der Waals surface area contributed by atoms with Crippen molar-refractivity contribution in [2.24, 2.45) is 0 Å². The number of aromatic amines is 1. The van der Waals surface area contributed by atoms with E-state index >= 15 is 0 Å². The van der Waals surface area contributed by atoms with Gasteiger partial charge in [-0.2, -0.15) is 31.4 Å². The normalized spacial score (nSPS) is 16.9. The highest BCUT2D eigenvalue weighted by molar-refractivity contribution is 6.31. The molecule has 4 heterocycles. The minimum Gasteiger partial charge on any atom is -0.493 e. The van der Waals surface area contributed by atoms with Crippen LogP contribution in [0.15, 0.2) is 18.5 Å². The van der Waals surface area contributed by atoms with Gasteiger partial charge in [0, 0.05) is 75.2 Å². The number of carbonyl (C=O) groups is 1. The summed E-state index contributed by atoms with van der Waals surface area (Å²) in [6, 6.07) is 3.77. The van der Waals surface area contributed by atoms with E-state index in [0.717, 1.165) is 56.1 Å². The monoisotopic (exact) mass is 666 g/mol. The summed E-state index contributed by atoms with van der Waals surface area (Å²) >= 11 is 6.46. The van der Waals surface area contributed by atoms with Crippen LogP contribution in [0.25, 0.3) is 11.0 Å². The molecule has 0 aliphatic carbocycles. The van der Waals surface area contributed by atoms with E-state index < -0.39 is 24.0 Å². The van der Waals surface area contributed by atoms with Crippen LogP contribution in [0.4, 0.5) is 37.8 Å². The number of rotatable bonds is 7. The van der Waals surface area contributed by atoms with Gasteiger partial charge >= 0.3 is 18.3 Å². The Morgan fingerprint density at radius 2 is 1.62 bits per heavy atom. The summed E-state index contributed by atoms with van der Waals surface area (Å²) in [5.41, 5.74) is 1.05. The largest absolute Gasteiger partial charge is 0.493 e. The number of aromatic nitrogens is 4. The number of ether oxygens (including phenoxy) is 1. The SMILES string of the molecule is Cc1c(OCCCN2CCN(C)CC2)cc(Cl)cc1N1CCN(c2ncnc3[nH]nc(C(F)(F)F)c23)CC1.O=C(O)C(F)(F)F. The fourth-order valence-electron chi connectivity index (χ4n) is 5.11. The van der Waals surface area contributed by atoms with Crippen molar-refractivity contribution in [2.75, 3.05) is 82.4 Å². The highest BCUT2D eigenvalue weighted by atomic mass is 35.5. The number of benzene rings is 1. The Morgan fingerprint density at radius 1 is 1.00 bits per heavy atom. The molecule has 2 N–H and O–H groups in total. The first-order chi connectivity index (χ1) is 21.1. The predicted octanol–water partition coefficient (Wildman–Crippen LogP) is 4.31. The Kier molecular flexibility index (Phi) is 10.9. The molecule has 2 saturated heterocycles. The van der Waals surface area contributed by atoms with Gasteiger partial charge in [-0.05, 0) is 32.5 Å². The third-order valence-corrected chi connectivity index (χ3v) is 7.76. The Bertz CT molecular complexity index is 1450. The van der Waals surface area contributed by atoms with Crippen LogP contribution in [-0.4, -0.2) is 120 Å². The van der Waals surface area contributed by atoms with Crippen LogP contribution >= 0.6 is 11.6 Å². The maximum atomic E-state index is 13.5. The van der Waals surface area contributed by atoms with Crippen LogP contribution in [0.3, 0.4) is 0 Å². The summed E-state index contributed by atoms with van der Waals surface area (Å²) in [4.78, 5) is 25.9. The molecule has 248 valence electrons. The maximum absolute atomic E-state index is 13.5. The van der Waals surface area contributed by atoms with Crippen molar-refractivity contribution in [2.45, 2.75) is 25.7 Å². The molecule has 45 heavy (non-hydrogen) atoms. The predicted molar refractivity (Wildman–Crippen MR) is 155 cm³/mol. The van der Waals surface area contributed by atoms with Gasteiger partial charge in [-0.15, -0.1) is 0 Å². The number of piperazine rings is 2. The number of fused-ring (bicyclic) bond motifs is 1. The molecule has 0 unspecified atom stereocenters. The van der Waals surface area contributed by atoms with E-state index in [0.29, 0.717) is 37.8 Å². The van der Waals surface area contributed by atoms with Crippen molar-refractivity contribution in [3.05, 3.63) is 34.7 Å². The number of likely N-dealkylation sites (N-methyl/N-ethyl adjacent to an activating group) is 1. The average molecular weight is 667 g/mol. The summed E-state index contributed by atoms with van der Waals surface area (Å²) in [6.07, 6.45) is -7.49. The second-order valence-electron chi connectivity index (χ2n) is 10.7. The first-order valence-electron chi connectivity index (χ1n) is 14.0. The number of hydrogen-bond acceptors (Lipinski definition) is 9. The quantitative estimate of drug-likeness (QED) is 0.279. The number of carboxylic acid groups (broad SMARTS) is 1. The van der Waals surface area contributed by atoms with Crippen LogP contribution in [0.1, 0.15) is 17.7 Å². The number of aliphatic carboxylic acids is 1. The molecule has 3 aromatic rings. The standard InChI is InChI=1S/C25H32ClF3N8O.C2HF3O2/c1-17-19(14-18(26)15-20(17)38-13-3-4-35-7-5-34(2)6-8-35)36-9-11-37(12-10-36)24-21-22(25(27,28)29)32-33-23(21)30-16-31-24;3-2(4,5)1(6)7/h14-16H,3-13H2,1-2H3,(H,30,31,32,33);(H,6,7). The number of carboxylic acids is 1. The molecule has 0 bridgehead atoms. The fourth-order valence-corrected chi connectivity index (χ4v) is 5.31. The number of hydrogen-bond donors (Lipinski definition) is 2. The number of H-pyrrole nitrogens is 1. The zero-order chi connectivity index (χ0) is 32.9. The molecule has 18 heteroatoms. The zero-order valence-electron chi connectivity index (χ0n) is 24.6. The molecule has 0 atom stereocenters. The number of nitrogens with one attached hydrogen (secondary N) is 1. The summed E-state index contributed by atoms with van der Waals surface area (Å²) in [5.74, 6) is -1.76. The fraction of sp³-hybridized carbons (Fsp3) is 0.556. The van der Waals surface area contributed by atoms with E-state index in [1.54, 1.807) is 0 Å². The van der Waals surface area contributed by atoms with E-state index in [1.807, 2.05) is 24.0 Å². The number of nitrogens with zero attached hydrogens (tertiary/aromatic N) is 7. The summed E-state index contributed by atoms with van der Waals surface area (Å²) in [5, 5.41) is 13.4. The number of halogens is 7. The molecule has 1 aromatic carbocycles. The smallest absolute Gasteiger partial charge is 0.490 e. The highest BCUT2D eigenvalue weighted by Crippen LogP contribution is 2.37. The van der Waals surface area contributed by atoms with Gasteiger partial charge in [0.05, 0.1) is 12.0 Å². The molecule has 0 saturated carbocycles. The molecule has 2 aromatic heterocycles. The summed E-state index contributed by atoms with van der Waals surface area (Å²) in [7, 11) is 2.15. The van der Waals surface area contributed by atoms with Gasteiger partial charge in [0.2, 0.25) is 0 Å². The van der Waals surface area contributed by atoms with E-state index in [-0.39, 0.29) is 16.9 Å². The van der Waals surface area contributed by atoms with Crippen LogP contribution < -0.4 is 14.5 Å². The van der Waals surface area contributed by atoms with Crippen LogP contribution in [0.2, 0.25) is 5.02 Å². The van der Waals surface area contributed by atoms with Crippen LogP contribution in [0.5, 0.6) is 5.75 Å². The lowest BCUT2D eigenvalue weighted by atomic mass is 10.1. The third-order valence-electron chi connectivity index (χ3n) is 7.54. The molecule has 0 spiro atoms. The van der Waals surface area contributed by atoms with Crippen LogP contribution in [0, 0.1) is 6.92 Å². The summed E-state index contributed by atoms with van der Waals surface area (Å²) < 4.78 is 78.5. The molecule has 2 aliphatic rings. The van der Waals surface area contributed by atoms with E-state index in [2.05, 4.69) is 41.9 Å². The topological polar surface area (TPSA) is 114 Å². The van der Waals surface area contributed by atoms with Gasteiger partial charge in [0.1, 0.15) is 17.9 Å². The van der Waals surface area contributed by atoms with E-state index in [1.165, 1.54) is 6.33 Å².